The van der Waals surface area contributed by atoms with Gasteiger partial charge in [0.05, 0.1) is 24.4 Å². The summed E-state index contributed by atoms with van der Waals surface area (Å²) in [4.78, 5) is 16.6. The van der Waals surface area contributed by atoms with E-state index in [1.165, 1.54) is 10.4 Å². The molecule has 0 aromatic heterocycles. The number of amides is 1. The Morgan fingerprint density at radius 2 is 1.30 bits per heavy atom. The summed E-state index contributed by atoms with van der Waals surface area (Å²) in [5.41, 5.74) is 2.17. The van der Waals surface area contributed by atoms with Gasteiger partial charge in [-0.2, -0.15) is 0 Å². The summed E-state index contributed by atoms with van der Waals surface area (Å²) in [5.74, 6) is 0.894. The zero-order chi connectivity index (χ0) is 33.4. The first-order valence-electron chi connectivity index (χ1n) is 16.8. The van der Waals surface area contributed by atoms with E-state index in [-0.39, 0.29) is 28.9 Å². The molecule has 1 fully saturated rings. The number of carbonyl (C=O) groups excluding carboxylic acids is 1. The molecule has 246 valence electrons. The van der Waals surface area contributed by atoms with Crippen LogP contribution in [0.5, 0.6) is 0 Å². The quantitative estimate of drug-likeness (QED) is 0.125. The highest BCUT2D eigenvalue weighted by Gasteiger charge is 2.52. The second kappa shape index (κ2) is 15.3. The number of ether oxygens (including phenoxy) is 1. The van der Waals surface area contributed by atoms with E-state index in [4.69, 9.17) is 9.16 Å². The number of hydrogen-bond donors (Lipinski definition) is 1. The average molecular weight is 647 g/mol. The van der Waals surface area contributed by atoms with E-state index < -0.39 is 14.4 Å². The van der Waals surface area contributed by atoms with E-state index in [9.17, 15) is 4.79 Å². The summed E-state index contributed by atoms with van der Waals surface area (Å²) in [5, 5.41) is 6.05. The van der Waals surface area contributed by atoms with Crippen molar-refractivity contribution >= 4 is 24.6 Å². The molecule has 47 heavy (non-hydrogen) atoms. The van der Waals surface area contributed by atoms with Gasteiger partial charge >= 0.3 is 0 Å². The van der Waals surface area contributed by atoms with E-state index in [1.54, 1.807) is 0 Å². The van der Waals surface area contributed by atoms with Gasteiger partial charge in [-0.05, 0) is 32.5 Å². The smallest absolute Gasteiger partial charge is 0.261 e. The molecule has 0 spiro atoms. The first-order valence-corrected chi connectivity index (χ1v) is 18.7. The predicted octanol–water partition coefficient (Wildman–Crippen LogP) is 7.08. The van der Waals surface area contributed by atoms with Crippen LogP contribution in [0.1, 0.15) is 52.2 Å². The fraction of sp³-hybridized carbons (Fsp3) is 0.341. The van der Waals surface area contributed by atoms with E-state index in [0.29, 0.717) is 31.9 Å². The van der Waals surface area contributed by atoms with Crippen LogP contribution >= 0.6 is 0 Å². The summed E-state index contributed by atoms with van der Waals surface area (Å²) >= 11 is 0. The third-order valence-electron chi connectivity index (χ3n) is 9.31. The van der Waals surface area contributed by atoms with Crippen molar-refractivity contribution in [1.29, 1.82) is 0 Å². The van der Waals surface area contributed by atoms with Crippen LogP contribution in [0.15, 0.2) is 134 Å². The zero-order valence-corrected chi connectivity index (χ0v) is 29.6. The van der Waals surface area contributed by atoms with Crippen LogP contribution in [0.2, 0.25) is 5.04 Å². The molecule has 1 aliphatic rings. The second-order valence-electron chi connectivity index (χ2n) is 14.0. The van der Waals surface area contributed by atoms with Crippen LogP contribution in [0.3, 0.4) is 0 Å². The van der Waals surface area contributed by atoms with Crippen LogP contribution in [-0.4, -0.2) is 43.9 Å². The molecule has 1 heterocycles. The van der Waals surface area contributed by atoms with Crippen molar-refractivity contribution in [3.63, 3.8) is 0 Å². The standard InChI is InChI=1S/C41H50N2O3Si/c1-31(2)39-38(30-46-47(41(4,5)6,35-23-15-9-16-24-35)36-25-17-10-18-26-36)43(28-33-19-11-7-12-20-33)40(44)37(42-39)27-32(3)45-29-34-21-13-8-14-22-34/h7-26,31,37-39,42H,3,27-30H2,1-2,4-6H3/t37-,38-,39-/m1/s1. The van der Waals surface area contributed by atoms with E-state index in [0.717, 1.165) is 11.1 Å². The largest absolute Gasteiger partial charge is 0.494 e. The predicted molar refractivity (Wildman–Crippen MR) is 195 cm³/mol. The summed E-state index contributed by atoms with van der Waals surface area (Å²) in [6, 6.07) is 41.1. The van der Waals surface area contributed by atoms with E-state index in [2.05, 4.69) is 124 Å². The number of hydrogen-bond acceptors (Lipinski definition) is 4. The first kappa shape index (κ1) is 34.4. The Morgan fingerprint density at radius 3 is 1.79 bits per heavy atom. The molecule has 0 bridgehead atoms. The minimum absolute atomic E-state index is 0.00144. The average Bonchev–Trinajstić information content (AvgIpc) is 3.07. The molecule has 4 aromatic rings. The van der Waals surface area contributed by atoms with Crippen molar-refractivity contribution < 1.29 is 14.0 Å². The van der Waals surface area contributed by atoms with Gasteiger partial charge in [0, 0.05) is 19.0 Å². The Hall–Kier alpha value is -3.97. The van der Waals surface area contributed by atoms with Crippen LogP contribution < -0.4 is 15.7 Å². The number of rotatable bonds is 13. The van der Waals surface area contributed by atoms with Gasteiger partial charge in [0.25, 0.3) is 8.32 Å². The molecule has 3 atom stereocenters. The molecule has 0 saturated carbocycles. The van der Waals surface area contributed by atoms with Gasteiger partial charge in [-0.25, -0.2) is 0 Å². The Labute approximate surface area is 282 Å². The Kier molecular flexibility index (Phi) is 11.2. The maximum atomic E-state index is 14.5. The zero-order valence-electron chi connectivity index (χ0n) is 28.6. The SMILES string of the molecule is C=C(C[C@H]1N[C@H](C(C)C)[C@@H](CO[Si](c2ccccc2)(c2ccccc2)C(C)(C)C)N(Cc2ccccc2)C1=O)OCc1ccccc1. The molecule has 4 aromatic carbocycles. The first-order chi connectivity index (χ1) is 22.6. The number of carbonyl (C=O) groups is 1. The molecule has 6 heteroatoms. The third-order valence-corrected chi connectivity index (χ3v) is 14.3. The second-order valence-corrected chi connectivity index (χ2v) is 18.3. The third kappa shape index (κ3) is 7.95. The normalized spacial score (nSPS) is 18.7. The minimum atomic E-state index is -2.83. The van der Waals surface area contributed by atoms with Crippen LogP contribution in [0.4, 0.5) is 0 Å². The van der Waals surface area contributed by atoms with Crippen molar-refractivity contribution in [2.24, 2.45) is 5.92 Å². The monoisotopic (exact) mass is 646 g/mol. The molecular weight excluding hydrogens is 597 g/mol. The number of nitrogens with zero attached hydrogens (tertiary/aromatic N) is 1. The van der Waals surface area contributed by atoms with Crippen molar-refractivity contribution in [3.8, 4) is 0 Å². The lowest BCUT2D eigenvalue weighted by Crippen LogP contribution is -2.71. The molecule has 0 aliphatic carbocycles. The highest BCUT2D eigenvalue weighted by atomic mass is 28.4. The van der Waals surface area contributed by atoms with Crippen molar-refractivity contribution in [1.82, 2.24) is 10.2 Å². The fourth-order valence-corrected chi connectivity index (χ4v) is 11.5. The molecule has 1 N–H and O–H groups in total. The van der Waals surface area contributed by atoms with Crippen molar-refractivity contribution in [2.45, 2.75) is 77.4 Å². The fourth-order valence-electron chi connectivity index (χ4n) is 6.94. The summed E-state index contributed by atoms with van der Waals surface area (Å²) in [6.07, 6.45) is 0.405. The van der Waals surface area contributed by atoms with Gasteiger partial charge < -0.3 is 19.4 Å². The summed E-state index contributed by atoms with van der Waals surface area (Å²) in [7, 11) is -2.83. The van der Waals surface area contributed by atoms with Crippen molar-refractivity contribution in [2.75, 3.05) is 6.61 Å². The van der Waals surface area contributed by atoms with Gasteiger partial charge in [-0.15, -0.1) is 0 Å². The topological polar surface area (TPSA) is 50.8 Å². The van der Waals surface area contributed by atoms with Crippen LogP contribution in [-0.2, 0) is 27.1 Å². The number of benzene rings is 4. The van der Waals surface area contributed by atoms with E-state index >= 15 is 0 Å². The lowest BCUT2D eigenvalue weighted by atomic mass is 9.89. The van der Waals surface area contributed by atoms with Gasteiger partial charge in [0.1, 0.15) is 6.61 Å². The molecule has 1 aliphatic heterocycles. The molecule has 5 rings (SSSR count). The number of piperazine rings is 1. The minimum Gasteiger partial charge on any atom is -0.494 e. The summed E-state index contributed by atoms with van der Waals surface area (Å²) < 4.78 is 13.5. The maximum absolute atomic E-state index is 14.5. The maximum Gasteiger partial charge on any atom is 0.261 e. The van der Waals surface area contributed by atoms with Gasteiger partial charge in [-0.3, -0.25) is 4.79 Å². The Morgan fingerprint density at radius 1 is 0.809 bits per heavy atom. The molecule has 1 saturated heterocycles. The van der Waals surface area contributed by atoms with Gasteiger partial charge in [0.2, 0.25) is 5.91 Å². The molecule has 5 nitrogen and oxygen atoms in total. The molecule has 0 radical (unpaired) electrons. The summed E-state index contributed by atoms with van der Waals surface area (Å²) in [6.45, 7) is 16.9. The molecular formula is C41H50N2O3Si. The van der Waals surface area contributed by atoms with Crippen molar-refractivity contribution in [3.05, 3.63) is 145 Å². The number of nitrogens with one attached hydrogen (secondary N) is 1. The Bertz CT molecular complexity index is 1530. The van der Waals surface area contributed by atoms with Crippen LogP contribution in [0.25, 0.3) is 0 Å². The molecule has 0 unspecified atom stereocenters. The highest BCUT2D eigenvalue weighted by molar-refractivity contribution is 6.99. The molecule has 1 amide bonds. The van der Waals surface area contributed by atoms with Gasteiger partial charge in [-0.1, -0.05) is 163 Å². The lowest BCUT2D eigenvalue weighted by molar-refractivity contribution is -0.144. The van der Waals surface area contributed by atoms with E-state index in [1.807, 2.05) is 48.5 Å². The highest BCUT2D eigenvalue weighted by Crippen LogP contribution is 2.37. The lowest BCUT2D eigenvalue weighted by Gasteiger charge is -2.49. The van der Waals surface area contributed by atoms with Crippen LogP contribution in [0, 0.1) is 5.92 Å². The Balaban J connectivity index is 1.47. The van der Waals surface area contributed by atoms with Gasteiger partial charge in [0.15, 0.2) is 0 Å².